The fourth-order valence-electron chi connectivity index (χ4n) is 2.01. The lowest BCUT2D eigenvalue weighted by atomic mass is 10.3. The molecule has 118 valence electrons. The molecule has 0 unspecified atom stereocenters. The van der Waals surface area contributed by atoms with E-state index in [1.807, 2.05) is 48.3 Å². The summed E-state index contributed by atoms with van der Waals surface area (Å²) in [5.41, 5.74) is 0.854. The van der Waals surface area contributed by atoms with Crippen molar-refractivity contribution in [3.05, 3.63) is 48.8 Å². The number of hydrogen-bond donors (Lipinski definition) is 2. The molecule has 23 heavy (non-hydrogen) atoms. The number of thiazole rings is 1. The molecule has 0 aliphatic rings. The van der Waals surface area contributed by atoms with Crippen LogP contribution in [-0.4, -0.2) is 40.3 Å². The molecule has 0 bridgehead atoms. The molecule has 3 aromatic heterocycles. The molecule has 6 nitrogen and oxygen atoms in total. The fraction of sp³-hybridized carbons (Fsp3) is 0.188. The van der Waals surface area contributed by atoms with E-state index >= 15 is 0 Å². The number of aliphatic hydroxyl groups is 1. The van der Waals surface area contributed by atoms with Crippen LogP contribution in [0.25, 0.3) is 10.6 Å². The van der Waals surface area contributed by atoms with Crippen LogP contribution < -0.4 is 10.2 Å². The molecule has 0 saturated heterocycles. The summed E-state index contributed by atoms with van der Waals surface area (Å²) >= 11 is 1.55. The molecule has 0 aliphatic carbocycles. The van der Waals surface area contributed by atoms with Gasteiger partial charge in [0.05, 0.1) is 17.2 Å². The molecule has 3 aromatic rings. The maximum Gasteiger partial charge on any atom is 0.185 e. The van der Waals surface area contributed by atoms with Gasteiger partial charge in [0, 0.05) is 26.0 Å². The Bertz CT molecular complexity index is 762. The SMILES string of the molecule is CN(CCO)c1ncc(-c2cccc(Nc3ccccn3)n2)s1. The highest BCUT2D eigenvalue weighted by molar-refractivity contribution is 7.18. The summed E-state index contributed by atoms with van der Waals surface area (Å²) in [4.78, 5) is 16.1. The van der Waals surface area contributed by atoms with Gasteiger partial charge in [-0.15, -0.1) is 0 Å². The minimum atomic E-state index is 0.104. The van der Waals surface area contributed by atoms with Gasteiger partial charge in [0.2, 0.25) is 0 Å². The smallest absolute Gasteiger partial charge is 0.185 e. The predicted molar refractivity (Wildman–Crippen MR) is 93.2 cm³/mol. The zero-order valence-electron chi connectivity index (χ0n) is 12.7. The molecule has 0 radical (unpaired) electrons. The Morgan fingerprint density at radius 2 is 2.00 bits per heavy atom. The van der Waals surface area contributed by atoms with Gasteiger partial charge in [-0.1, -0.05) is 23.5 Å². The van der Waals surface area contributed by atoms with E-state index in [1.54, 1.807) is 23.7 Å². The standard InChI is InChI=1S/C16H17N5OS/c1-21(9-10-22)16-18-11-13(23-16)12-5-4-7-15(19-12)20-14-6-2-3-8-17-14/h2-8,11,22H,9-10H2,1H3,(H,17,19,20). The summed E-state index contributed by atoms with van der Waals surface area (Å²) in [5, 5.41) is 13.0. The van der Waals surface area contributed by atoms with E-state index in [0.717, 1.165) is 27.3 Å². The highest BCUT2D eigenvalue weighted by atomic mass is 32.1. The van der Waals surface area contributed by atoms with E-state index in [0.29, 0.717) is 6.54 Å². The molecular formula is C16H17N5OS. The Hall–Kier alpha value is -2.51. The highest BCUT2D eigenvalue weighted by Crippen LogP contribution is 2.30. The topological polar surface area (TPSA) is 74.2 Å². The van der Waals surface area contributed by atoms with Gasteiger partial charge in [0.15, 0.2) is 5.13 Å². The fourth-order valence-corrected chi connectivity index (χ4v) is 2.89. The molecule has 0 amide bonds. The number of pyridine rings is 2. The first-order valence-electron chi connectivity index (χ1n) is 7.19. The molecule has 7 heteroatoms. The third-order valence-corrected chi connectivity index (χ3v) is 4.31. The number of rotatable bonds is 6. The van der Waals surface area contributed by atoms with Crippen molar-refractivity contribution < 1.29 is 5.11 Å². The Morgan fingerprint density at radius 3 is 2.78 bits per heavy atom. The van der Waals surface area contributed by atoms with E-state index in [4.69, 9.17) is 5.11 Å². The summed E-state index contributed by atoms with van der Waals surface area (Å²) in [6.45, 7) is 0.662. The molecule has 0 saturated carbocycles. The second-order valence-electron chi connectivity index (χ2n) is 4.90. The van der Waals surface area contributed by atoms with E-state index in [9.17, 15) is 0 Å². The van der Waals surface area contributed by atoms with Gasteiger partial charge in [-0.2, -0.15) is 0 Å². The minimum absolute atomic E-state index is 0.104. The first kappa shape index (κ1) is 15.4. The van der Waals surface area contributed by atoms with Crippen LogP contribution >= 0.6 is 11.3 Å². The van der Waals surface area contributed by atoms with Crippen LogP contribution in [0.15, 0.2) is 48.8 Å². The Kier molecular flexibility index (Phi) is 4.80. The van der Waals surface area contributed by atoms with Crippen molar-refractivity contribution in [2.24, 2.45) is 0 Å². The van der Waals surface area contributed by atoms with Crippen molar-refractivity contribution in [2.45, 2.75) is 0 Å². The van der Waals surface area contributed by atoms with Gasteiger partial charge in [-0.05, 0) is 24.3 Å². The van der Waals surface area contributed by atoms with Crippen molar-refractivity contribution in [1.82, 2.24) is 15.0 Å². The van der Waals surface area contributed by atoms with Crippen molar-refractivity contribution in [3.8, 4) is 10.6 Å². The van der Waals surface area contributed by atoms with E-state index in [1.165, 1.54) is 0 Å². The van der Waals surface area contributed by atoms with Crippen LogP contribution in [-0.2, 0) is 0 Å². The zero-order valence-corrected chi connectivity index (χ0v) is 13.5. The molecule has 0 aliphatic heterocycles. The zero-order chi connectivity index (χ0) is 16.1. The minimum Gasteiger partial charge on any atom is -0.395 e. The number of hydrogen-bond acceptors (Lipinski definition) is 7. The van der Waals surface area contributed by atoms with E-state index in [-0.39, 0.29) is 6.61 Å². The second-order valence-corrected chi connectivity index (χ2v) is 5.91. The van der Waals surface area contributed by atoms with Crippen molar-refractivity contribution >= 4 is 28.1 Å². The number of anilines is 3. The monoisotopic (exact) mass is 327 g/mol. The van der Waals surface area contributed by atoms with Crippen molar-refractivity contribution in [2.75, 3.05) is 30.4 Å². The predicted octanol–water partition coefficient (Wildman–Crippen LogP) is 2.77. The maximum absolute atomic E-state index is 9.01. The molecule has 2 N–H and O–H groups in total. The molecule has 3 rings (SSSR count). The Labute approximate surface area is 138 Å². The van der Waals surface area contributed by atoms with Gasteiger partial charge in [-0.3, -0.25) is 0 Å². The number of nitrogens with one attached hydrogen (secondary N) is 1. The van der Waals surface area contributed by atoms with Crippen LogP contribution in [0.4, 0.5) is 16.8 Å². The van der Waals surface area contributed by atoms with E-state index < -0.39 is 0 Å². The first-order chi connectivity index (χ1) is 11.3. The lowest BCUT2D eigenvalue weighted by Gasteiger charge is -2.12. The van der Waals surface area contributed by atoms with Crippen LogP contribution in [0.5, 0.6) is 0 Å². The van der Waals surface area contributed by atoms with Gasteiger partial charge in [0.25, 0.3) is 0 Å². The van der Waals surface area contributed by atoms with Crippen LogP contribution in [0.2, 0.25) is 0 Å². The van der Waals surface area contributed by atoms with Gasteiger partial charge < -0.3 is 15.3 Å². The summed E-state index contributed by atoms with van der Waals surface area (Å²) in [6, 6.07) is 11.5. The summed E-state index contributed by atoms with van der Waals surface area (Å²) in [6.07, 6.45) is 3.54. The molecule has 0 spiro atoms. The lowest BCUT2D eigenvalue weighted by Crippen LogP contribution is -2.20. The average molecular weight is 327 g/mol. The Morgan fingerprint density at radius 1 is 1.13 bits per heavy atom. The lowest BCUT2D eigenvalue weighted by molar-refractivity contribution is 0.304. The summed E-state index contributed by atoms with van der Waals surface area (Å²) < 4.78 is 0. The summed E-state index contributed by atoms with van der Waals surface area (Å²) in [5.74, 6) is 1.49. The molecule has 0 aromatic carbocycles. The first-order valence-corrected chi connectivity index (χ1v) is 8.01. The number of likely N-dealkylation sites (N-methyl/N-ethyl adjacent to an activating group) is 1. The molecule has 0 atom stereocenters. The number of nitrogens with zero attached hydrogens (tertiary/aromatic N) is 4. The third-order valence-electron chi connectivity index (χ3n) is 3.18. The van der Waals surface area contributed by atoms with Crippen molar-refractivity contribution in [1.29, 1.82) is 0 Å². The van der Waals surface area contributed by atoms with Gasteiger partial charge in [-0.25, -0.2) is 15.0 Å². The number of aromatic nitrogens is 3. The largest absolute Gasteiger partial charge is 0.395 e. The molecule has 0 fully saturated rings. The Balaban J connectivity index is 1.80. The third kappa shape index (κ3) is 3.82. The van der Waals surface area contributed by atoms with Crippen LogP contribution in [0.1, 0.15) is 0 Å². The normalized spacial score (nSPS) is 10.5. The maximum atomic E-state index is 9.01. The molecule has 3 heterocycles. The van der Waals surface area contributed by atoms with E-state index in [2.05, 4.69) is 20.3 Å². The average Bonchev–Trinajstić information content (AvgIpc) is 3.06. The van der Waals surface area contributed by atoms with Gasteiger partial charge >= 0.3 is 0 Å². The van der Waals surface area contributed by atoms with Crippen LogP contribution in [0, 0.1) is 0 Å². The quantitative estimate of drug-likeness (QED) is 0.725. The highest BCUT2D eigenvalue weighted by Gasteiger charge is 2.09. The number of aliphatic hydroxyl groups excluding tert-OH is 1. The van der Waals surface area contributed by atoms with Crippen LogP contribution in [0.3, 0.4) is 0 Å². The van der Waals surface area contributed by atoms with Gasteiger partial charge in [0.1, 0.15) is 11.6 Å². The summed E-state index contributed by atoms with van der Waals surface area (Å²) in [7, 11) is 1.91. The molecular weight excluding hydrogens is 310 g/mol. The van der Waals surface area contributed by atoms with Crippen molar-refractivity contribution in [3.63, 3.8) is 0 Å². The second kappa shape index (κ2) is 7.17.